The van der Waals surface area contributed by atoms with Crippen molar-refractivity contribution in [2.24, 2.45) is 5.92 Å². The summed E-state index contributed by atoms with van der Waals surface area (Å²) in [7, 11) is 0. The molecule has 1 fully saturated rings. The normalized spacial score (nSPS) is 16.8. The van der Waals surface area contributed by atoms with Gasteiger partial charge < -0.3 is 15.0 Å². The van der Waals surface area contributed by atoms with E-state index in [-0.39, 0.29) is 23.8 Å². The number of hydrogen-bond donors (Lipinski definition) is 1. The van der Waals surface area contributed by atoms with Gasteiger partial charge in [-0.15, -0.1) is 0 Å². The van der Waals surface area contributed by atoms with Crippen LogP contribution in [0.25, 0.3) is 0 Å². The highest BCUT2D eigenvalue weighted by atomic mass is 16.5. The first-order chi connectivity index (χ1) is 13.5. The lowest BCUT2D eigenvalue weighted by molar-refractivity contribution is -0.120. The molecule has 2 amide bonds. The minimum absolute atomic E-state index is 0.0506. The van der Waals surface area contributed by atoms with E-state index in [4.69, 9.17) is 4.74 Å². The van der Waals surface area contributed by atoms with Crippen LogP contribution in [0.15, 0.2) is 42.5 Å². The number of carbonyl (C=O) groups excluding carboxylic acids is 2. The maximum atomic E-state index is 13.2. The van der Waals surface area contributed by atoms with Crippen molar-refractivity contribution in [1.82, 2.24) is 0 Å². The van der Waals surface area contributed by atoms with Crippen molar-refractivity contribution in [2.75, 3.05) is 10.2 Å². The molecule has 0 saturated heterocycles. The number of anilines is 2. The van der Waals surface area contributed by atoms with E-state index < -0.39 is 0 Å². The average molecular weight is 378 g/mol. The number of ether oxygens (including phenoxy) is 1. The Labute approximate surface area is 165 Å². The van der Waals surface area contributed by atoms with Gasteiger partial charge in [0, 0.05) is 17.6 Å². The number of nitrogens with zero attached hydrogens (tertiary/aromatic N) is 1. The third kappa shape index (κ3) is 3.49. The molecule has 0 unspecified atom stereocenters. The third-order valence-electron chi connectivity index (χ3n) is 5.53. The molecule has 2 aliphatic rings. The Bertz CT molecular complexity index is 900. The molecule has 1 heterocycles. The number of fused-ring (bicyclic) bond motifs is 2. The zero-order valence-electron chi connectivity index (χ0n) is 16.4. The second-order valence-electron chi connectivity index (χ2n) is 7.87. The summed E-state index contributed by atoms with van der Waals surface area (Å²) >= 11 is 0. The van der Waals surface area contributed by atoms with E-state index in [0.717, 1.165) is 25.7 Å². The van der Waals surface area contributed by atoms with Gasteiger partial charge in [0.25, 0.3) is 5.91 Å². The monoisotopic (exact) mass is 378 g/mol. The molecule has 2 aromatic rings. The molecule has 0 spiro atoms. The molecular weight excluding hydrogens is 352 g/mol. The number of nitrogens with one attached hydrogen (secondary N) is 1. The van der Waals surface area contributed by atoms with E-state index in [2.05, 4.69) is 5.32 Å². The lowest BCUT2D eigenvalue weighted by Gasteiger charge is -2.27. The lowest BCUT2D eigenvalue weighted by Crippen LogP contribution is -2.36. The van der Waals surface area contributed by atoms with Crippen LogP contribution in [-0.2, 0) is 4.79 Å². The van der Waals surface area contributed by atoms with Crippen molar-refractivity contribution in [3.05, 3.63) is 48.0 Å². The molecule has 146 valence electrons. The number of hydrogen-bond acceptors (Lipinski definition) is 3. The van der Waals surface area contributed by atoms with Gasteiger partial charge in [-0.25, -0.2) is 0 Å². The molecule has 1 aliphatic heterocycles. The summed E-state index contributed by atoms with van der Waals surface area (Å²) in [5.41, 5.74) is 1.92. The van der Waals surface area contributed by atoms with Crippen LogP contribution in [0.1, 0.15) is 56.3 Å². The number of amides is 2. The molecule has 0 bridgehead atoms. The maximum absolute atomic E-state index is 13.2. The SMILES string of the molecule is CC(C)N1C(=O)c2ccccc2Oc2ccc(NC(=O)C3CCCCC3)cc21. The van der Waals surface area contributed by atoms with Crippen LogP contribution in [0.4, 0.5) is 11.4 Å². The molecule has 4 rings (SSSR count). The second-order valence-corrected chi connectivity index (χ2v) is 7.87. The van der Waals surface area contributed by atoms with E-state index in [1.54, 1.807) is 17.0 Å². The molecule has 1 N–H and O–H groups in total. The van der Waals surface area contributed by atoms with Gasteiger partial charge in [0.15, 0.2) is 5.75 Å². The lowest BCUT2D eigenvalue weighted by atomic mass is 9.88. The molecule has 1 saturated carbocycles. The fraction of sp³-hybridized carbons (Fsp3) is 0.391. The first kappa shape index (κ1) is 18.5. The van der Waals surface area contributed by atoms with Crippen LogP contribution in [0, 0.1) is 5.92 Å². The van der Waals surface area contributed by atoms with Crippen molar-refractivity contribution in [3.8, 4) is 11.5 Å². The van der Waals surface area contributed by atoms with E-state index in [1.165, 1.54) is 6.42 Å². The van der Waals surface area contributed by atoms with Crippen molar-refractivity contribution < 1.29 is 14.3 Å². The first-order valence-electron chi connectivity index (χ1n) is 10.1. The smallest absolute Gasteiger partial charge is 0.262 e. The Morgan fingerprint density at radius 2 is 1.82 bits per heavy atom. The summed E-state index contributed by atoms with van der Waals surface area (Å²) in [6.45, 7) is 3.95. The van der Waals surface area contributed by atoms with Gasteiger partial charge in [0.05, 0.1) is 11.3 Å². The van der Waals surface area contributed by atoms with Gasteiger partial charge in [-0.1, -0.05) is 31.4 Å². The standard InChI is InChI=1S/C23H26N2O3/c1-15(2)25-19-14-17(24-22(26)16-8-4-3-5-9-16)12-13-21(19)28-20-11-7-6-10-18(20)23(25)27/h6-7,10-16H,3-5,8-9H2,1-2H3,(H,24,26). The van der Waals surface area contributed by atoms with Crippen molar-refractivity contribution in [1.29, 1.82) is 0 Å². The highest BCUT2D eigenvalue weighted by molar-refractivity contribution is 6.10. The number of carbonyl (C=O) groups is 2. The van der Waals surface area contributed by atoms with E-state index in [1.807, 2.05) is 44.2 Å². The summed E-state index contributed by atoms with van der Waals surface area (Å²) in [4.78, 5) is 27.6. The molecule has 0 aromatic heterocycles. The van der Waals surface area contributed by atoms with Crippen molar-refractivity contribution in [3.63, 3.8) is 0 Å². The summed E-state index contributed by atoms with van der Waals surface area (Å²) in [5.74, 6) is 1.22. The van der Waals surface area contributed by atoms with Gasteiger partial charge in [0.2, 0.25) is 5.91 Å². The predicted octanol–water partition coefficient (Wildman–Crippen LogP) is 5.37. The van der Waals surface area contributed by atoms with E-state index in [0.29, 0.717) is 28.4 Å². The summed E-state index contributed by atoms with van der Waals surface area (Å²) in [5, 5.41) is 3.05. The highest BCUT2D eigenvalue weighted by Gasteiger charge is 2.30. The Kier molecular flexibility index (Phi) is 5.07. The third-order valence-corrected chi connectivity index (χ3v) is 5.53. The minimum Gasteiger partial charge on any atom is -0.454 e. The summed E-state index contributed by atoms with van der Waals surface area (Å²) < 4.78 is 6.05. The van der Waals surface area contributed by atoms with E-state index in [9.17, 15) is 9.59 Å². The van der Waals surface area contributed by atoms with Crippen LogP contribution < -0.4 is 15.0 Å². The molecule has 5 nitrogen and oxygen atoms in total. The minimum atomic E-state index is -0.0971. The molecule has 28 heavy (non-hydrogen) atoms. The second kappa shape index (κ2) is 7.66. The van der Waals surface area contributed by atoms with Crippen LogP contribution in [0.3, 0.4) is 0 Å². The summed E-state index contributed by atoms with van der Waals surface area (Å²) in [6.07, 6.45) is 5.34. The maximum Gasteiger partial charge on any atom is 0.262 e. The Morgan fingerprint density at radius 3 is 2.57 bits per heavy atom. The van der Waals surface area contributed by atoms with Crippen LogP contribution in [0.5, 0.6) is 11.5 Å². The topological polar surface area (TPSA) is 58.6 Å². The van der Waals surface area contributed by atoms with Crippen LogP contribution in [0.2, 0.25) is 0 Å². The molecule has 0 radical (unpaired) electrons. The number of para-hydroxylation sites is 1. The van der Waals surface area contributed by atoms with Crippen molar-refractivity contribution in [2.45, 2.75) is 52.0 Å². The number of rotatable bonds is 3. The largest absolute Gasteiger partial charge is 0.454 e. The highest BCUT2D eigenvalue weighted by Crippen LogP contribution is 2.41. The fourth-order valence-electron chi connectivity index (χ4n) is 4.08. The van der Waals surface area contributed by atoms with Gasteiger partial charge in [-0.05, 0) is 57.0 Å². The molecule has 1 aliphatic carbocycles. The van der Waals surface area contributed by atoms with Gasteiger partial charge in [-0.2, -0.15) is 0 Å². The Balaban J connectivity index is 1.67. The van der Waals surface area contributed by atoms with E-state index >= 15 is 0 Å². The quantitative estimate of drug-likeness (QED) is 0.781. The van der Waals surface area contributed by atoms with Gasteiger partial charge in [-0.3, -0.25) is 9.59 Å². The molecule has 0 atom stereocenters. The summed E-state index contributed by atoms with van der Waals surface area (Å²) in [6, 6.07) is 12.8. The van der Waals surface area contributed by atoms with Gasteiger partial charge >= 0.3 is 0 Å². The first-order valence-corrected chi connectivity index (χ1v) is 10.1. The average Bonchev–Trinajstić information content (AvgIpc) is 2.82. The van der Waals surface area contributed by atoms with Gasteiger partial charge in [0.1, 0.15) is 5.75 Å². The predicted molar refractivity (Wildman–Crippen MR) is 110 cm³/mol. The zero-order chi connectivity index (χ0) is 19.7. The molecular formula is C23H26N2O3. The Morgan fingerprint density at radius 1 is 1.07 bits per heavy atom. The van der Waals surface area contributed by atoms with Crippen molar-refractivity contribution >= 4 is 23.2 Å². The zero-order valence-corrected chi connectivity index (χ0v) is 16.4. The Hall–Kier alpha value is -2.82. The number of benzene rings is 2. The van der Waals surface area contributed by atoms with Crippen LogP contribution in [-0.4, -0.2) is 17.9 Å². The fourth-order valence-corrected chi connectivity index (χ4v) is 4.08. The molecule has 5 heteroatoms. The van der Waals surface area contributed by atoms with Crippen LogP contribution >= 0.6 is 0 Å². The molecule has 2 aromatic carbocycles.